The maximum Gasteiger partial charge on any atom is 0.326 e. The lowest BCUT2D eigenvalue weighted by Gasteiger charge is -2.15. The van der Waals surface area contributed by atoms with E-state index in [0.717, 1.165) is 18.4 Å². The number of nitriles is 1. The third kappa shape index (κ3) is 5.15. The molecule has 1 atom stereocenters. The average Bonchev–Trinajstić information content (AvgIpc) is 2.45. The van der Waals surface area contributed by atoms with E-state index in [0.29, 0.717) is 17.7 Å². The first-order valence-corrected chi connectivity index (χ1v) is 6.79. The summed E-state index contributed by atoms with van der Waals surface area (Å²) in [6.07, 6.45) is 1.97. The van der Waals surface area contributed by atoms with Gasteiger partial charge in [-0.1, -0.05) is 25.8 Å². The third-order valence-corrected chi connectivity index (χ3v) is 3.06. The maximum atomic E-state index is 11.9. The van der Waals surface area contributed by atoms with E-state index in [1.807, 2.05) is 13.0 Å². The molecule has 6 nitrogen and oxygen atoms in total. The van der Waals surface area contributed by atoms with Crippen molar-refractivity contribution >= 4 is 17.7 Å². The summed E-state index contributed by atoms with van der Waals surface area (Å²) >= 11 is 0. The number of hydrogen-bond acceptors (Lipinski definition) is 3. The summed E-state index contributed by atoms with van der Waals surface area (Å²) < 4.78 is 0. The minimum absolute atomic E-state index is 0.385. The van der Waals surface area contributed by atoms with Gasteiger partial charge in [0.25, 0.3) is 0 Å². The van der Waals surface area contributed by atoms with Crippen molar-refractivity contribution in [3.63, 3.8) is 0 Å². The number of urea groups is 1. The quantitative estimate of drug-likeness (QED) is 0.749. The van der Waals surface area contributed by atoms with Gasteiger partial charge in [-0.3, -0.25) is 0 Å². The van der Waals surface area contributed by atoms with E-state index in [1.165, 1.54) is 0 Å². The predicted molar refractivity (Wildman–Crippen MR) is 79.0 cm³/mol. The van der Waals surface area contributed by atoms with Gasteiger partial charge in [0, 0.05) is 5.69 Å². The predicted octanol–water partition coefficient (Wildman–Crippen LogP) is 2.63. The number of carboxylic acids is 1. The summed E-state index contributed by atoms with van der Waals surface area (Å²) in [6.45, 7) is 3.75. The minimum Gasteiger partial charge on any atom is -0.480 e. The molecule has 112 valence electrons. The van der Waals surface area contributed by atoms with Crippen LogP contribution in [0.3, 0.4) is 0 Å². The van der Waals surface area contributed by atoms with Gasteiger partial charge >= 0.3 is 12.0 Å². The molecule has 0 heterocycles. The highest BCUT2D eigenvalue weighted by molar-refractivity contribution is 5.93. The first-order chi connectivity index (χ1) is 9.97. The van der Waals surface area contributed by atoms with Crippen molar-refractivity contribution in [3.8, 4) is 6.07 Å². The number of unbranched alkanes of at least 4 members (excludes halogenated alkanes) is 1. The summed E-state index contributed by atoms with van der Waals surface area (Å²) in [4.78, 5) is 22.9. The summed E-state index contributed by atoms with van der Waals surface area (Å²) in [5.74, 6) is -1.05. The van der Waals surface area contributed by atoms with Crippen molar-refractivity contribution in [2.24, 2.45) is 0 Å². The molecule has 0 aliphatic heterocycles. The third-order valence-electron chi connectivity index (χ3n) is 3.06. The molecule has 0 bridgehead atoms. The molecule has 1 aromatic rings. The number of anilines is 1. The minimum atomic E-state index is -1.05. The molecule has 2 amide bonds. The fourth-order valence-corrected chi connectivity index (χ4v) is 1.81. The van der Waals surface area contributed by atoms with E-state index in [4.69, 9.17) is 10.4 Å². The van der Waals surface area contributed by atoms with Gasteiger partial charge in [0.2, 0.25) is 0 Å². The Kier molecular flexibility index (Phi) is 6.21. The molecule has 6 heteroatoms. The number of amides is 2. The number of hydrogen-bond donors (Lipinski definition) is 3. The normalized spacial score (nSPS) is 11.3. The first kappa shape index (κ1) is 16.5. The number of carboxylic acid groups (broad SMARTS) is 1. The van der Waals surface area contributed by atoms with Crippen LogP contribution in [0.25, 0.3) is 0 Å². The van der Waals surface area contributed by atoms with Crippen LogP contribution in [0, 0.1) is 18.3 Å². The molecule has 0 fully saturated rings. The molecular weight excluding hydrogens is 270 g/mol. The highest BCUT2D eigenvalue weighted by Gasteiger charge is 2.19. The second-order valence-corrected chi connectivity index (χ2v) is 4.77. The van der Waals surface area contributed by atoms with Gasteiger partial charge in [0.05, 0.1) is 11.6 Å². The molecule has 0 aliphatic rings. The van der Waals surface area contributed by atoms with Gasteiger partial charge in [-0.25, -0.2) is 9.59 Å². The number of aliphatic carboxylic acids is 1. The van der Waals surface area contributed by atoms with E-state index < -0.39 is 18.0 Å². The van der Waals surface area contributed by atoms with E-state index in [9.17, 15) is 9.59 Å². The van der Waals surface area contributed by atoms with Crippen LogP contribution in [-0.4, -0.2) is 23.1 Å². The van der Waals surface area contributed by atoms with Crippen molar-refractivity contribution in [1.29, 1.82) is 5.26 Å². The van der Waals surface area contributed by atoms with E-state index in [1.54, 1.807) is 25.1 Å². The molecular formula is C15H19N3O3. The molecule has 3 N–H and O–H groups in total. The summed E-state index contributed by atoms with van der Waals surface area (Å²) in [5, 5.41) is 22.9. The Morgan fingerprint density at radius 3 is 2.71 bits per heavy atom. The molecule has 1 unspecified atom stereocenters. The Bertz CT molecular complexity index is 564. The van der Waals surface area contributed by atoms with Gasteiger partial charge in [0.1, 0.15) is 6.04 Å². The molecule has 1 rings (SSSR count). The van der Waals surface area contributed by atoms with Gasteiger partial charge in [-0.15, -0.1) is 0 Å². The van der Waals surface area contributed by atoms with Crippen LogP contribution >= 0.6 is 0 Å². The van der Waals surface area contributed by atoms with E-state index in [-0.39, 0.29) is 0 Å². The Hall–Kier alpha value is -2.55. The fourth-order valence-electron chi connectivity index (χ4n) is 1.81. The number of nitrogens with one attached hydrogen (secondary N) is 2. The topological polar surface area (TPSA) is 102 Å². The number of aryl methyl sites for hydroxylation is 1. The monoisotopic (exact) mass is 289 g/mol. The van der Waals surface area contributed by atoms with Crippen LogP contribution in [0.5, 0.6) is 0 Å². The first-order valence-electron chi connectivity index (χ1n) is 6.79. The molecule has 0 spiro atoms. The van der Waals surface area contributed by atoms with Gasteiger partial charge < -0.3 is 15.7 Å². The Morgan fingerprint density at radius 1 is 1.43 bits per heavy atom. The molecule has 0 saturated heterocycles. The number of carbonyl (C=O) groups excluding carboxylic acids is 1. The van der Waals surface area contributed by atoms with Crippen LogP contribution in [-0.2, 0) is 4.79 Å². The van der Waals surface area contributed by atoms with Gasteiger partial charge in [-0.2, -0.15) is 5.26 Å². The SMILES string of the molecule is CCCCC(NC(=O)Nc1cc(C#N)ccc1C)C(=O)O. The lowest BCUT2D eigenvalue weighted by atomic mass is 10.1. The molecule has 0 radical (unpaired) electrons. The van der Waals surface area contributed by atoms with Crippen molar-refractivity contribution in [3.05, 3.63) is 29.3 Å². The molecule has 0 aliphatic carbocycles. The Labute approximate surface area is 123 Å². The highest BCUT2D eigenvalue weighted by Crippen LogP contribution is 2.16. The summed E-state index contributed by atoms with van der Waals surface area (Å²) in [6, 6.07) is 5.42. The smallest absolute Gasteiger partial charge is 0.326 e. The molecule has 21 heavy (non-hydrogen) atoms. The van der Waals surface area contributed by atoms with Crippen molar-refractivity contribution < 1.29 is 14.7 Å². The zero-order valence-corrected chi connectivity index (χ0v) is 12.1. The Morgan fingerprint density at radius 2 is 2.14 bits per heavy atom. The number of rotatable bonds is 6. The second kappa shape index (κ2) is 7.90. The lowest BCUT2D eigenvalue weighted by Crippen LogP contribution is -2.43. The maximum absolute atomic E-state index is 11.9. The van der Waals surface area contributed by atoms with Crippen LogP contribution in [0.2, 0.25) is 0 Å². The standard InChI is InChI=1S/C15H19N3O3/c1-3-4-5-12(14(19)20)17-15(21)18-13-8-11(9-16)7-6-10(13)2/h6-8,12H,3-5H2,1-2H3,(H,19,20)(H2,17,18,21). The van der Waals surface area contributed by atoms with Crippen molar-refractivity contribution in [2.75, 3.05) is 5.32 Å². The zero-order valence-electron chi connectivity index (χ0n) is 12.1. The average molecular weight is 289 g/mol. The van der Waals surface area contributed by atoms with Crippen molar-refractivity contribution in [1.82, 2.24) is 5.32 Å². The van der Waals surface area contributed by atoms with E-state index >= 15 is 0 Å². The van der Waals surface area contributed by atoms with Crippen LogP contribution in [0.1, 0.15) is 37.3 Å². The number of carbonyl (C=O) groups is 2. The van der Waals surface area contributed by atoms with Gasteiger partial charge in [-0.05, 0) is 31.0 Å². The second-order valence-electron chi connectivity index (χ2n) is 4.77. The van der Waals surface area contributed by atoms with Crippen LogP contribution in [0.15, 0.2) is 18.2 Å². The summed E-state index contributed by atoms with van der Waals surface area (Å²) in [5.41, 5.74) is 1.72. The van der Waals surface area contributed by atoms with Crippen LogP contribution < -0.4 is 10.6 Å². The molecule has 1 aromatic carbocycles. The zero-order chi connectivity index (χ0) is 15.8. The Balaban J connectivity index is 2.72. The highest BCUT2D eigenvalue weighted by atomic mass is 16.4. The fraction of sp³-hybridized carbons (Fsp3) is 0.400. The summed E-state index contributed by atoms with van der Waals surface area (Å²) in [7, 11) is 0. The van der Waals surface area contributed by atoms with E-state index in [2.05, 4.69) is 10.6 Å². The number of nitrogens with zero attached hydrogens (tertiary/aromatic N) is 1. The molecule has 0 saturated carbocycles. The van der Waals surface area contributed by atoms with Gasteiger partial charge in [0.15, 0.2) is 0 Å². The molecule has 0 aromatic heterocycles. The number of benzene rings is 1. The van der Waals surface area contributed by atoms with Crippen molar-refractivity contribution in [2.45, 2.75) is 39.2 Å². The van der Waals surface area contributed by atoms with Crippen LogP contribution in [0.4, 0.5) is 10.5 Å². The lowest BCUT2D eigenvalue weighted by molar-refractivity contribution is -0.139. The largest absolute Gasteiger partial charge is 0.480 e.